The molecule has 0 N–H and O–H groups in total. The maximum absolute atomic E-state index is 4.65. The molecule has 0 aromatic rings. The molecule has 0 spiro atoms. The van der Waals surface area contributed by atoms with Gasteiger partial charge in [0.2, 0.25) is 0 Å². The molecule has 0 fully saturated rings. The lowest BCUT2D eigenvalue weighted by Gasteiger charge is -1.76. The molecule has 0 unspecified atom stereocenters. The minimum atomic E-state index is 0.778. The summed E-state index contributed by atoms with van der Waals surface area (Å²) in [6.07, 6.45) is 3.24. The lowest BCUT2D eigenvalue weighted by molar-refractivity contribution is 0.361. The minimum Gasteiger partial charge on any atom is -0.482 e. The van der Waals surface area contributed by atoms with Gasteiger partial charge in [0.15, 0.2) is 6.40 Å². The molecule has 0 aromatic carbocycles. The molecule has 2 heteroatoms. The van der Waals surface area contributed by atoms with Gasteiger partial charge in [-0.2, -0.15) is 0 Å². The highest BCUT2D eigenvalue weighted by Gasteiger charge is 1.84. The topological polar surface area (TPSA) is 21.6 Å². The van der Waals surface area contributed by atoms with E-state index in [1.807, 2.05) is 6.92 Å². The van der Waals surface area contributed by atoms with Crippen molar-refractivity contribution in [1.82, 2.24) is 0 Å². The monoisotopic (exact) mass is 113 g/mol. The maximum Gasteiger partial charge on any atom is 0.169 e. The van der Waals surface area contributed by atoms with E-state index in [-0.39, 0.29) is 0 Å². The Balaban J connectivity index is 0.000000145. The van der Waals surface area contributed by atoms with Gasteiger partial charge in [-0.15, -0.1) is 6.58 Å². The summed E-state index contributed by atoms with van der Waals surface area (Å²) in [5.41, 5.74) is 0. The minimum absolute atomic E-state index is 0.778. The summed E-state index contributed by atoms with van der Waals surface area (Å²) in [7, 11) is 0. The third-order valence-electron chi connectivity index (χ3n) is 0.487. The summed E-state index contributed by atoms with van der Waals surface area (Å²) < 4.78 is 4.65. The zero-order valence-electron chi connectivity index (χ0n) is 5.13. The van der Waals surface area contributed by atoms with E-state index in [0.29, 0.717) is 0 Å². The average Bonchev–Trinajstić information content (AvgIpc) is 2.17. The largest absolute Gasteiger partial charge is 0.482 e. The van der Waals surface area contributed by atoms with Crippen LogP contribution in [0.5, 0.6) is 0 Å². The number of hydrogen-bond acceptors (Lipinski definition) is 2. The first kappa shape index (κ1) is 7.21. The smallest absolute Gasteiger partial charge is 0.169 e. The molecule has 1 heterocycles. The molecule has 0 aliphatic carbocycles. The Labute approximate surface area is 49.9 Å². The van der Waals surface area contributed by atoms with Crippen LogP contribution in [0.25, 0.3) is 0 Å². The van der Waals surface area contributed by atoms with Gasteiger partial charge in [-0.25, -0.2) is 0 Å². The maximum atomic E-state index is 4.65. The lowest BCUT2D eigenvalue weighted by atomic mass is 10.8. The average molecular weight is 113 g/mol. The molecule has 0 bridgehead atoms. The van der Waals surface area contributed by atoms with Crippen LogP contribution >= 0.6 is 0 Å². The van der Waals surface area contributed by atoms with E-state index in [1.54, 1.807) is 6.08 Å². The summed E-state index contributed by atoms with van der Waals surface area (Å²) in [6.45, 7) is 6.88. The Morgan fingerprint density at radius 3 is 2.62 bits per heavy atom. The van der Waals surface area contributed by atoms with Crippen molar-refractivity contribution < 1.29 is 4.74 Å². The van der Waals surface area contributed by atoms with Gasteiger partial charge < -0.3 is 4.74 Å². The zero-order valence-corrected chi connectivity index (χ0v) is 5.13. The molecule has 0 saturated carbocycles. The van der Waals surface area contributed by atoms with Crippen LogP contribution in [0.2, 0.25) is 0 Å². The van der Waals surface area contributed by atoms with Crippen molar-refractivity contribution >= 4 is 6.40 Å². The second-order valence-corrected chi connectivity index (χ2v) is 1.29. The van der Waals surface area contributed by atoms with Gasteiger partial charge in [-0.3, -0.25) is 4.99 Å². The van der Waals surface area contributed by atoms with Crippen molar-refractivity contribution in [2.75, 3.05) is 13.2 Å². The Kier molecular flexibility index (Phi) is 5.60. The number of nitrogens with zero attached hydrogens (tertiary/aromatic N) is 1. The molecule has 1 rings (SSSR count). The standard InChI is InChI=1S/C3H5NO.C3H6/c1-2-5-3-4-1;1-3-2/h3H,1-2H2;3H,1H2,2H3. The van der Waals surface area contributed by atoms with Gasteiger partial charge in [0.1, 0.15) is 6.61 Å². The van der Waals surface area contributed by atoms with E-state index in [9.17, 15) is 0 Å². The van der Waals surface area contributed by atoms with Crippen LogP contribution in [0.3, 0.4) is 0 Å². The first-order valence-corrected chi connectivity index (χ1v) is 2.58. The summed E-state index contributed by atoms with van der Waals surface area (Å²) in [6, 6.07) is 0. The second kappa shape index (κ2) is 6.21. The van der Waals surface area contributed by atoms with Gasteiger partial charge in [0.05, 0.1) is 6.54 Å². The highest BCUT2D eigenvalue weighted by atomic mass is 16.5. The fourth-order valence-corrected chi connectivity index (χ4v) is 0.264. The fourth-order valence-electron chi connectivity index (χ4n) is 0.264. The quantitative estimate of drug-likeness (QED) is 0.433. The third-order valence-corrected chi connectivity index (χ3v) is 0.487. The van der Waals surface area contributed by atoms with Crippen LogP contribution in [0, 0.1) is 0 Å². The van der Waals surface area contributed by atoms with Crippen molar-refractivity contribution in [2.24, 2.45) is 4.99 Å². The van der Waals surface area contributed by atoms with Crippen molar-refractivity contribution in [2.45, 2.75) is 6.92 Å². The molecule has 0 amide bonds. The first-order valence-electron chi connectivity index (χ1n) is 2.58. The van der Waals surface area contributed by atoms with E-state index in [0.717, 1.165) is 13.2 Å². The van der Waals surface area contributed by atoms with Crippen LogP contribution in [-0.2, 0) is 4.74 Å². The molecule has 0 radical (unpaired) electrons. The second-order valence-electron chi connectivity index (χ2n) is 1.29. The zero-order chi connectivity index (χ0) is 6.24. The lowest BCUT2D eigenvalue weighted by Crippen LogP contribution is -1.80. The van der Waals surface area contributed by atoms with Gasteiger partial charge in [-0.1, -0.05) is 6.08 Å². The Bertz CT molecular complexity index is 72.6. The van der Waals surface area contributed by atoms with Gasteiger partial charge >= 0.3 is 0 Å². The number of allylic oxidation sites excluding steroid dienone is 1. The van der Waals surface area contributed by atoms with Gasteiger partial charge in [0, 0.05) is 0 Å². The van der Waals surface area contributed by atoms with Crippen molar-refractivity contribution in [3.8, 4) is 0 Å². The Morgan fingerprint density at radius 1 is 1.88 bits per heavy atom. The van der Waals surface area contributed by atoms with Crippen LogP contribution < -0.4 is 0 Å². The van der Waals surface area contributed by atoms with E-state index >= 15 is 0 Å². The molecule has 0 aromatic heterocycles. The highest BCUT2D eigenvalue weighted by molar-refractivity contribution is 5.47. The number of aliphatic imine (C=N–C) groups is 1. The number of hydrogen-bond donors (Lipinski definition) is 0. The van der Waals surface area contributed by atoms with E-state index in [2.05, 4.69) is 16.3 Å². The van der Waals surface area contributed by atoms with E-state index in [4.69, 9.17) is 0 Å². The molecular formula is C6H11NO. The molecule has 1 aliphatic rings. The predicted molar refractivity (Wildman–Crippen MR) is 35.2 cm³/mol. The van der Waals surface area contributed by atoms with Crippen LogP contribution in [0.4, 0.5) is 0 Å². The van der Waals surface area contributed by atoms with Crippen molar-refractivity contribution in [1.29, 1.82) is 0 Å². The Hall–Kier alpha value is -0.790. The fraction of sp³-hybridized carbons (Fsp3) is 0.500. The summed E-state index contributed by atoms with van der Waals surface area (Å²) in [4.78, 5) is 3.74. The molecular weight excluding hydrogens is 102 g/mol. The van der Waals surface area contributed by atoms with E-state index in [1.165, 1.54) is 6.40 Å². The van der Waals surface area contributed by atoms with Crippen molar-refractivity contribution in [3.05, 3.63) is 12.7 Å². The third kappa shape index (κ3) is 5.21. The number of ether oxygens (including phenoxy) is 1. The van der Waals surface area contributed by atoms with Crippen LogP contribution in [0.1, 0.15) is 6.92 Å². The SMILES string of the molecule is C1=NCCO1.C=CC. The molecule has 46 valence electrons. The predicted octanol–water partition coefficient (Wildman–Crippen LogP) is 1.24. The van der Waals surface area contributed by atoms with Gasteiger partial charge in [0.25, 0.3) is 0 Å². The Morgan fingerprint density at radius 2 is 2.50 bits per heavy atom. The molecule has 0 atom stereocenters. The van der Waals surface area contributed by atoms with E-state index < -0.39 is 0 Å². The summed E-state index contributed by atoms with van der Waals surface area (Å²) in [5, 5.41) is 0. The molecule has 1 aliphatic heterocycles. The molecule has 8 heavy (non-hydrogen) atoms. The van der Waals surface area contributed by atoms with Crippen LogP contribution in [0.15, 0.2) is 17.6 Å². The molecule has 2 nitrogen and oxygen atoms in total. The van der Waals surface area contributed by atoms with Crippen LogP contribution in [-0.4, -0.2) is 19.6 Å². The number of rotatable bonds is 0. The summed E-state index contributed by atoms with van der Waals surface area (Å²) >= 11 is 0. The normalized spacial score (nSPS) is 13.6. The van der Waals surface area contributed by atoms with Crippen molar-refractivity contribution in [3.63, 3.8) is 0 Å². The molecule has 0 saturated heterocycles. The highest BCUT2D eigenvalue weighted by Crippen LogP contribution is 1.78. The van der Waals surface area contributed by atoms with Gasteiger partial charge in [-0.05, 0) is 6.92 Å². The first-order chi connectivity index (χ1) is 3.91. The summed E-state index contributed by atoms with van der Waals surface area (Å²) in [5.74, 6) is 0.